The molecule has 2 heterocycles. The molecule has 9 nitrogen and oxygen atoms in total. The molecule has 2 aromatic carbocycles. The summed E-state index contributed by atoms with van der Waals surface area (Å²) in [6.45, 7) is 4.14. The lowest BCUT2D eigenvalue weighted by Gasteiger charge is -2.18. The van der Waals surface area contributed by atoms with E-state index < -0.39 is 16.6 Å². The number of rotatable bonds is 3. The zero-order chi connectivity index (χ0) is 19.2. The largest absolute Gasteiger partial charge is 0.486 e. The summed E-state index contributed by atoms with van der Waals surface area (Å²) in [7, 11) is 0. The van der Waals surface area contributed by atoms with E-state index in [1.165, 1.54) is 12.1 Å². The van der Waals surface area contributed by atoms with Crippen LogP contribution in [0.5, 0.6) is 23.0 Å². The molecule has 1 N–H and O–H groups in total. The molecule has 27 heavy (non-hydrogen) atoms. The summed E-state index contributed by atoms with van der Waals surface area (Å²) in [6, 6.07) is 7.42. The van der Waals surface area contributed by atoms with Crippen LogP contribution in [0.1, 0.15) is 24.2 Å². The maximum absolute atomic E-state index is 12.7. The van der Waals surface area contributed by atoms with Crippen LogP contribution in [-0.4, -0.2) is 29.8 Å². The minimum atomic E-state index is -0.792. The van der Waals surface area contributed by atoms with Crippen molar-refractivity contribution in [1.29, 1.82) is 0 Å². The van der Waals surface area contributed by atoms with Crippen LogP contribution in [0.2, 0.25) is 0 Å². The summed E-state index contributed by atoms with van der Waals surface area (Å²) in [4.78, 5) is 23.4. The smallest absolute Gasteiger partial charge is 0.286 e. The first-order valence-electron chi connectivity index (χ1n) is 8.24. The molecule has 0 aromatic heterocycles. The number of carbonyl (C=O) groups is 1. The van der Waals surface area contributed by atoms with Gasteiger partial charge in [-0.15, -0.1) is 0 Å². The van der Waals surface area contributed by atoms with Gasteiger partial charge in [-0.1, -0.05) is 0 Å². The molecule has 2 aliphatic heterocycles. The highest BCUT2D eigenvalue weighted by Gasteiger charge is 2.32. The third-order valence-electron chi connectivity index (χ3n) is 4.01. The number of ether oxygens (including phenoxy) is 4. The average Bonchev–Trinajstić information content (AvgIpc) is 2.93. The maximum atomic E-state index is 12.7. The molecule has 0 spiro atoms. The second kappa shape index (κ2) is 6.04. The van der Waals surface area contributed by atoms with Crippen molar-refractivity contribution < 1.29 is 28.7 Å². The summed E-state index contributed by atoms with van der Waals surface area (Å²) < 4.78 is 22.0. The normalized spacial score (nSPS) is 15.9. The van der Waals surface area contributed by atoms with Crippen molar-refractivity contribution in [3.63, 3.8) is 0 Å². The van der Waals surface area contributed by atoms with E-state index in [0.717, 1.165) is 0 Å². The molecule has 0 saturated heterocycles. The Morgan fingerprint density at radius 1 is 1.04 bits per heavy atom. The van der Waals surface area contributed by atoms with E-state index in [0.29, 0.717) is 36.1 Å². The Hall–Kier alpha value is -3.49. The van der Waals surface area contributed by atoms with Crippen LogP contribution in [0, 0.1) is 10.1 Å². The minimum absolute atomic E-state index is 0.123. The monoisotopic (exact) mass is 372 g/mol. The second-order valence-corrected chi connectivity index (χ2v) is 6.49. The molecular weight excluding hydrogens is 356 g/mol. The average molecular weight is 372 g/mol. The first-order valence-corrected chi connectivity index (χ1v) is 8.24. The highest BCUT2D eigenvalue weighted by atomic mass is 16.7. The van der Waals surface area contributed by atoms with Gasteiger partial charge in [-0.25, -0.2) is 0 Å². The number of anilines is 1. The Labute approximate surface area is 153 Å². The van der Waals surface area contributed by atoms with Crippen LogP contribution in [0.25, 0.3) is 0 Å². The second-order valence-electron chi connectivity index (χ2n) is 6.49. The Balaban J connectivity index is 1.63. The Morgan fingerprint density at radius 2 is 1.70 bits per heavy atom. The van der Waals surface area contributed by atoms with Gasteiger partial charge in [0.05, 0.1) is 11.0 Å². The number of hydrogen-bond acceptors (Lipinski definition) is 7. The van der Waals surface area contributed by atoms with Gasteiger partial charge in [-0.05, 0) is 12.1 Å². The summed E-state index contributed by atoms with van der Waals surface area (Å²) in [5.74, 6) is 0.147. The van der Waals surface area contributed by atoms with Gasteiger partial charge in [0, 0.05) is 31.7 Å². The molecule has 0 fully saturated rings. The molecule has 0 unspecified atom stereocenters. The molecule has 140 valence electrons. The summed E-state index contributed by atoms with van der Waals surface area (Å²) in [5.41, 5.74) is -0.0647. The Kier molecular flexibility index (Phi) is 3.79. The molecule has 2 aliphatic rings. The highest BCUT2D eigenvalue weighted by molar-refractivity contribution is 6.07. The molecule has 4 rings (SSSR count). The first-order chi connectivity index (χ1) is 12.8. The van der Waals surface area contributed by atoms with Crippen LogP contribution in [0.3, 0.4) is 0 Å². The highest BCUT2D eigenvalue weighted by Crippen LogP contribution is 2.41. The number of nitro groups is 1. The lowest BCUT2D eigenvalue weighted by Crippen LogP contribution is -2.29. The van der Waals surface area contributed by atoms with Crippen molar-refractivity contribution in [3.8, 4) is 23.0 Å². The number of fused-ring (bicyclic) bond motifs is 2. The van der Waals surface area contributed by atoms with E-state index >= 15 is 0 Å². The van der Waals surface area contributed by atoms with Gasteiger partial charge in [-0.2, -0.15) is 0 Å². The fraction of sp³-hybridized carbons (Fsp3) is 0.278. The zero-order valence-corrected chi connectivity index (χ0v) is 14.6. The van der Waals surface area contributed by atoms with Crippen LogP contribution < -0.4 is 24.3 Å². The van der Waals surface area contributed by atoms with E-state index in [-0.39, 0.29) is 17.0 Å². The fourth-order valence-electron chi connectivity index (χ4n) is 2.91. The summed E-state index contributed by atoms with van der Waals surface area (Å²) in [5, 5.41) is 14.0. The molecule has 1 amide bonds. The van der Waals surface area contributed by atoms with E-state index in [9.17, 15) is 14.9 Å². The Morgan fingerprint density at radius 3 is 2.41 bits per heavy atom. The van der Waals surface area contributed by atoms with Crippen LogP contribution in [-0.2, 0) is 0 Å². The van der Waals surface area contributed by atoms with E-state index in [2.05, 4.69) is 5.32 Å². The number of nitro benzene ring substituents is 1. The zero-order valence-electron chi connectivity index (χ0n) is 14.6. The van der Waals surface area contributed by atoms with Crippen LogP contribution in [0.4, 0.5) is 11.4 Å². The first kappa shape index (κ1) is 17.0. The lowest BCUT2D eigenvalue weighted by molar-refractivity contribution is -0.385. The summed E-state index contributed by atoms with van der Waals surface area (Å²) in [6.07, 6.45) is 0. The van der Waals surface area contributed by atoms with Gasteiger partial charge in [0.15, 0.2) is 23.0 Å². The van der Waals surface area contributed by atoms with E-state index in [1.807, 2.05) is 0 Å². The molecular formula is C18H16N2O7. The summed E-state index contributed by atoms with van der Waals surface area (Å²) >= 11 is 0. The molecule has 0 bridgehead atoms. The number of hydrogen-bond donors (Lipinski definition) is 1. The Bertz CT molecular complexity index is 955. The molecule has 0 aliphatic carbocycles. The quantitative estimate of drug-likeness (QED) is 0.651. The molecule has 0 atom stereocenters. The maximum Gasteiger partial charge on any atom is 0.286 e. The topological polar surface area (TPSA) is 109 Å². The number of nitrogens with one attached hydrogen (secondary N) is 1. The SMILES string of the molecule is CC1(C)Oc2ccc(NC(=O)c3cc4c(cc3[N+](=O)[O-])OCCO4)cc2O1. The van der Waals surface area contributed by atoms with Gasteiger partial charge in [0.25, 0.3) is 11.6 Å². The standard InChI is InChI=1S/C18H16N2O7/c1-18(2)26-13-4-3-10(7-16(13)27-18)19-17(21)11-8-14-15(25-6-5-24-14)9-12(11)20(22)23/h3-4,7-9H,5-6H2,1-2H3,(H,19,21). The van der Waals surface area contributed by atoms with Crippen molar-refractivity contribution in [1.82, 2.24) is 0 Å². The van der Waals surface area contributed by atoms with E-state index in [1.54, 1.807) is 32.0 Å². The van der Waals surface area contributed by atoms with Gasteiger partial charge in [0.1, 0.15) is 18.8 Å². The van der Waals surface area contributed by atoms with Crippen LogP contribution >= 0.6 is 0 Å². The molecule has 0 radical (unpaired) electrons. The van der Waals surface area contributed by atoms with Gasteiger partial charge in [-0.3, -0.25) is 14.9 Å². The molecule has 2 aromatic rings. The van der Waals surface area contributed by atoms with Crippen molar-refractivity contribution >= 4 is 17.3 Å². The predicted octanol–water partition coefficient (Wildman–Crippen LogP) is 3.13. The van der Waals surface area contributed by atoms with Crippen molar-refractivity contribution in [2.75, 3.05) is 18.5 Å². The number of benzene rings is 2. The van der Waals surface area contributed by atoms with Crippen LogP contribution in [0.15, 0.2) is 30.3 Å². The number of carbonyl (C=O) groups excluding carboxylic acids is 1. The third kappa shape index (κ3) is 3.19. The lowest BCUT2D eigenvalue weighted by atomic mass is 10.1. The van der Waals surface area contributed by atoms with Gasteiger partial charge >= 0.3 is 0 Å². The van der Waals surface area contributed by atoms with Crippen molar-refractivity contribution in [3.05, 3.63) is 46.0 Å². The number of nitrogens with zero attached hydrogens (tertiary/aromatic N) is 1. The van der Waals surface area contributed by atoms with Crippen molar-refractivity contribution in [2.45, 2.75) is 19.6 Å². The third-order valence-corrected chi connectivity index (χ3v) is 4.01. The number of amides is 1. The van der Waals surface area contributed by atoms with Gasteiger partial charge in [0.2, 0.25) is 5.79 Å². The van der Waals surface area contributed by atoms with Gasteiger partial charge < -0.3 is 24.3 Å². The van der Waals surface area contributed by atoms with E-state index in [4.69, 9.17) is 18.9 Å². The fourth-order valence-corrected chi connectivity index (χ4v) is 2.91. The molecule has 0 saturated carbocycles. The van der Waals surface area contributed by atoms with Crippen molar-refractivity contribution in [2.24, 2.45) is 0 Å². The molecule has 9 heteroatoms. The minimum Gasteiger partial charge on any atom is -0.486 e. The predicted molar refractivity (Wildman–Crippen MR) is 93.8 cm³/mol.